The van der Waals surface area contributed by atoms with Crippen LogP contribution < -0.4 is 4.72 Å². The fourth-order valence-corrected chi connectivity index (χ4v) is 5.34. The SMILES string of the molecule is CN(C)C(CNS(=O)(=O)N1CC2CCC1C2)Cc1ccccc1. The van der Waals surface area contributed by atoms with Gasteiger partial charge in [0.2, 0.25) is 0 Å². The van der Waals surface area contributed by atoms with E-state index >= 15 is 0 Å². The Balaban J connectivity index is 1.60. The van der Waals surface area contributed by atoms with E-state index in [4.69, 9.17) is 0 Å². The molecule has 3 rings (SSSR count). The molecule has 0 radical (unpaired) electrons. The molecule has 0 amide bonds. The van der Waals surface area contributed by atoms with E-state index < -0.39 is 10.2 Å². The maximum Gasteiger partial charge on any atom is 0.279 e. The van der Waals surface area contributed by atoms with E-state index in [0.717, 1.165) is 19.3 Å². The number of nitrogens with zero attached hydrogens (tertiary/aromatic N) is 2. The maximum atomic E-state index is 12.6. The Morgan fingerprint density at radius 1 is 1.26 bits per heavy atom. The Hall–Kier alpha value is -0.950. The molecular weight excluding hydrogens is 310 g/mol. The summed E-state index contributed by atoms with van der Waals surface area (Å²) in [4.78, 5) is 2.09. The van der Waals surface area contributed by atoms with E-state index in [1.165, 1.54) is 12.0 Å². The first-order chi connectivity index (χ1) is 11.0. The number of hydrogen-bond acceptors (Lipinski definition) is 3. The average Bonchev–Trinajstić information content (AvgIpc) is 3.15. The summed E-state index contributed by atoms with van der Waals surface area (Å²) in [6, 6.07) is 10.6. The molecule has 1 saturated carbocycles. The largest absolute Gasteiger partial charge is 0.305 e. The first-order valence-electron chi connectivity index (χ1n) is 8.42. The van der Waals surface area contributed by atoms with Crippen molar-refractivity contribution < 1.29 is 8.42 Å². The summed E-state index contributed by atoms with van der Waals surface area (Å²) in [5, 5.41) is 0. The highest BCUT2D eigenvalue weighted by molar-refractivity contribution is 7.87. The van der Waals surface area contributed by atoms with E-state index in [1.807, 2.05) is 32.3 Å². The Morgan fingerprint density at radius 3 is 2.57 bits per heavy atom. The molecule has 1 aromatic rings. The number of benzene rings is 1. The van der Waals surface area contributed by atoms with Crippen molar-refractivity contribution in [3.8, 4) is 0 Å². The van der Waals surface area contributed by atoms with Crippen molar-refractivity contribution in [1.29, 1.82) is 0 Å². The minimum absolute atomic E-state index is 0.145. The van der Waals surface area contributed by atoms with Gasteiger partial charge in [0.25, 0.3) is 10.2 Å². The van der Waals surface area contributed by atoms with Crippen LogP contribution in [0, 0.1) is 5.92 Å². The number of fused-ring (bicyclic) bond motifs is 2. The predicted octanol–water partition coefficient (Wildman–Crippen LogP) is 1.48. The molecule has 2 bridgehead atoms. The molecule has 2 fully saturated rings. The van der Waals surface area contributed by atoms with Crippen LogP contribution in [0.25, 0.3) is 0 Å². The molecule has 1 N–H and O–H groups in total. The lowest BCUT2D eigenvalue weighted by atomic mass is 10.1. The van der Waals surface area contributed by atoms with Crippen LogP contribution in [0.2, 0.25) is 0 Å². The van der Waals surface area contributed by atoms with Crippen LogP contribution in [0.1, 0.15) is 24.8 Å². The van der Waals surface area contributed by atoms with Crippen molar-refractivity contribution >= 4 is 10.2 Å². The summed E-state index contributed by atoms with van der Waals surface area (Å²) in [5.41, 5.74) is 1.23. The third-order valence-corrected chi connectivity index (χ3v) is 6.81. The van der Waals surface area contributed by atoms with Crippen LogP contribution in [-0.2, 0) is 16.6 Å². The zero-order chi connectivity index (χ0) is 16.4. The van der Waals surface area contributed by atoms with Crippen molar-refractivity contribution in [2.75, 3.05) is 27.2 Å². The zero-order valence-electron chi connectivity index (χ0n) is 14.0. The van der Waals surface area contributed by atoms with E-state index in [2.05, 4.69) is 21.8 Å². The van der Waals surface area contributed by atoms with Gasteiger partial charge in [-0.1, -0.05) is 30.3 Å². The van der Waals surface area contributed by atoms with Gasteiger partial charge in [-0.15, -0.1) is 0 Å². The molecule has 2 aliphatic rings. The van der Waals surface area contributed by atoms with Gasteiger partial charge in [-0.25, -0.2) is 4.72 Å². The smallest absolute Gasteiger partial charge is 0.279 e. The van der Waals surface area contributed by atoms with Gasteiger partial charge in [0.05, 0.1) is 0 Å². The lowest BCUT2D eigenvalue weighted by molar-refractivity contribution is 0.284. The van der Waals surface area contributed by atoms with Crippen molar-refractivity contribution in [1.82, 2.24) is 13.9 Å². The highest BCUT2D eigenvalue weighted by atomic mass is 32.2. The Kier molecular flexibility index (Phi) is 5.06. The van der Waals surface area contributed by atoms with Gasteiger partial charge in [0.15, 0.2) is 0 Å². The maximum absolute atomic E-state index is 12.6. The number of hydrogen-bond donors (Lipinski definition) is 1. The quantitative estimate of drug-likeness (QED) is 0.820. The van der Waals surface area contributed by atoms with Crippen LogP contribution in [0.4, 0.5) is 0 Å². The minimum Gasteiger partial charge on any atom is -0.305 e. The summed E-state index contributed by atoms with van der Waals surface area (Å²) < 4.78 is 29.7. The molecule has 5 nitrogen and oxygen atoms in total. The molecule has 1 aromatic carbocycles. The van der Waals surface area contributed by atoms with Gasteiger partial charge in [-0.3, -0.25) is 0 Å². The lowest BCUT2D eigenvalue weighted by Gasteiger charge is -2.29. The van der Waals surface area contributed by atoms with Gasteiger partial charge in [-0.05, 0) is 51.3 Å². The van der Waals surface area contributed by atoms with E-state index in [-0.39, 0.29) is 12.1 Å². The van der Waals surface area contributed by atoms with E-state index in [0.29, 0.717) is 19.0 Å². The third-order valence-electron chi connectivity index (χ3n) is 5.21. The van der Waals surface area contributed by atoms with Crippen molar-refractivity contribution in [2.24, 2.45) is 5.92 Å². The second-order valence-electron chi connectivity index (χ2n) is 7.06. The van der Waals surface area contributed by atoms with Gasteiger partial charge in [-0.2, -0.15) is 12.7 Å². The lowest BCUT2D eigenvalue weighted by Crippen LogP contribution is -2.49. The van der Waals surface area contributed by atoms with Crippen molar-refractivity contribution in [2.45, 2.75) is 37.8 Å². The molecule has 1 saturated heterocycles. The van der Waals surface area contributed by atoms with Gasteiger partial charge >= 0.3 is 0 Å². The summed E-state index contributed by atoms with van der Waals surface area (Å²) in [6.07, 6.45) is 4.09. The zero-order valence-corrected chi connectivity index (χ0v) is 14.8. The molecule has 1 aliphatic carbocycles. The van der Waals surface area contributed by atoms with Crippen LogP contribution >= 0.6 is 0 Å². The number of likely N-dealkylation sites (N-methyl/N-ethyl adjacent to an activating group) is 1. The first-order valence-corrected chi connectivity index (χ1v) is 9.86. The highest BCUT2D eigenvalue weighted by Crippen LogP contribution is 2.38. The number of nitrogens with one attached hydrogen (secondary N) is 1. The Bertz CT molecular complexity index is 618. The molecule has 1 heterocycles. The fraction of sp³-hybridized carbons (Fsp3) is 0.647. The molecule has 3 atom stereocenters. The van der Waals surface area contributed by atoms with Crippen molar-refractivity contribution in [3.05, 3.63) is 35.9 Å². The monoisotopic (exact) mass is 337 g/mol. The molecule has 1 aliphatic heterocycles. The average molecular weight is 337 g/mol. The molecule has 128 valence electrons. The first kappa shape index (κ1) is 16.9. The molecule has 3 unspecified atom stereocenters. The summed E-state index contributed by atoms with van der Waals surface area (Å²) in [7, 11) is 0.644. The molecule has 0 spiro atoms. The fourth-order valence-electron chi connectivity index (χ4n) is 3.78. The summed E-state index contributed by atoms with van der Waals surface area (Å²) >= 11 is 0. The third kappa shape index (κ3) is 3.94. The molecule has 6 heteroatoms. The highest BCUT2D eigenvalue weighted by Gasteiger charge is 2.43. The van der Waals surface area contributed by atoms with Gasteiger partial charge < -0.3 is 4.90 Å². The Morgan fingerprint density at radius 2 is 2.00 bits per heavy atom. The Labute approximate surface area is 139 Å². The van der Waals surface area contributed by atoms with Crippen LogP contribution in [0.5, 0.6) is 0 Å². The molecule has 0 aromatic heterocycles. The molecular formula is C17H27N3O2S. The minimum atomic E-state index is -3.36. The predicted molar refractivity (Wildman–Crippen MR) is 92.4 cm³/mol. The standard InChI is InChI=1S/C17H27N3O2S/c1-19(2)17(10-14-6-4-3-5-7-14)12-18-23(21,22)20-13-15-8-9-16(20)11-15/h3-7,15-18H,8-13H2,1-2H3. The van der Waals surface area contributed by atoms with E-state index in [1.54, 1.807) is 4.31 Å². The van der Waals surface area contributed by atoms with Gasteiger partial charge in [0, 0.05) is 25.2 Å². The van der Waals surface area contributed by atoms with Crippen LogP contribution in [0.15, 0.2) is 30.3 Å². The van der Waals surface area contributed by atoms with Crippen molar-refractivity contribution in [3.63, 3.8) is 0 Å². The summed E-state index contributed by atoms with van der Waals surface area (Å²) in [5.74, 6) is 0.575. The normalized spacial score (nSPS) is 26.0. The van der Waals surface area contributed by atoms with Gasteiger partial charge in [0.1, 0.15) is 0 Å². The second-order valence-corrected chi connectivity index (χ2v) is 8.77. The van der Waals surface area contributed by atoms with E-state index in [9.17, 15) is 8.42 Å². The molecule has 23 heavy (non-hydrogen) atoms. The second kappa shape index (κ2) is 6.89. The van der Waals surface area contributed by atoms with Crippen LogP contribution in [-0.4, -0.2) is 56.9 Å². The summed E-state index contributed by atoms with van der Waals surface area (Å²) in [6.45, 7) is 1.14. The topological polar surface area (TPSA) is 52.7 Å². The van der Waals surface area contributed by atoms with Crippen LogP contribution in [0.3, 0.4) is 0 Å². The number of piperidine rings is 1. The number of rotatable bonds is 7.